The molecule has 3 N–H and O–H groups in total. The Hall–Kier alpha value is -0.610. The first kappa shape index (κ1) is 11.5. The SMILES string of the molecule is CCC(N)N(C=N)CCN1CCCC1. The maximum atomic E-state index is 7.27. The van der Waals surface area contributed by atoms with E-state index in [0.717, 1.165) is 19.5 Å². The molecular formula is C10H22N4. The molecule has 0 aliphatic carbocycles. The van der Waals surface area contributed by atoms with Crippen molar-refractivity contribution in [1.29, 1.82) is 5.41 Å². The van der Waals surface area contributed by atoms with E-state index in [1.807, 2.05) is 4.90 Å². The second-order valence-electron chi connectivity index (χ2n) is 3.89. The van der Waals surface area contributed by atoms with Crippen LogP contribution in [0.15, 0.2) is 0 Å². The van der Waals surface area contributed by atoms with E-state index in [0.29, 0.717) is 0 Å². The highest BCUT2D eigenvalue weighted by Gasteiger charge is 2.14. The van der Waals surface area contributed by atoms with Crippen LogP contribution in [0, 0.1) is 5.41 Å². The van der Waals surface area contributed by atoms with Gasteiger partial charge in [0.05, 0.1) is 12.5 Å². The molecule has 0 spiro atoms. The van der Waals surface area contributed by atoms with Gasteiger partial charge in [0, 0.05) is 13.1 Å². The average molecular weight is 198 g/mol. The molecule has 1 saturated heterocycles. The zero-order valence-corrected chi connectivity index (χ0v) is 9.08. The second kappa shape index (κ2) is 5.98. The zero-order valence-electron chi connectivity index (χ0n) is 9.08. The number of nitrogens with one attached hydrogen (secondary N) is 1. The zero-order chi connectivity index (χ0) is 10.4. The quantitative estimate of drug-likeness (QED) is 0.375. The van der Waals surface area contributed by atoms with Gasteiger partial charge >= 0.3 is 0 Å². The fourth-order valence-electron chi connectivity index (χ4n) is 1.82. The van der Waals surface area contributed by atoms with E-state index in [9.17, 15) is 0 Å². The van der Waals surface area contributed by atoms with Crippen molar-refractivity contribution in [3.8, 4) is 0 Å². The largest absolute Gasteiger partial charge is 0.347 e. The summed E-state index contributed by atoms with van der Waals surface area (Å²) in [5.74, 6) is 0. The first-order valence-corrected chi connectivity index (χ1v) is 5.52. The molecule has 1 unspecified atom stereocenters. The average Bonchev–Trinajstić information content (AvgIpc) is 2.71. The molecule has 1 aliphatic rings. The van der Waals surface area contributed by atoms with Gasteiger partial charge in [-0.2, -0.15) is 0 Å². The molecule has 0 bridgehead atoms. The molecule has 1 atom stereocenters. The monoisotopic (exact) mass is 198 g/mol. The van der Waals surface area contributed by atoms with E-state index in [4.69, 9.17) is 11.1 Å². The number of rotatable bonds is 6. The maximum absolute atomic E-state index is 7.27. The molecule has 4 heteroatoms. The lowest BCUT2D eigenvalue weighted by Crippen LogP contribution is -2.44. The van der Waals surface area contributed by atoms with Crippen molar-refractivity contribution in [2.75, 3.05) is 26.2 Å². The molecule has 0 aromatic heterocycles. The van der Waals surface area contributed by atoms with E-state index in [1.165, 1.54) is 32.3 Å². The highest BCUT2D eigenvalue weighted by atomic mass is 15.3. The molecule has 1 aliphatic heterocycles. The van der Waals surface area contributed by atoms with Crippen LogP contribution in [0.1, 0.15) is 26.2 Å². The fourth-order valence-corrected chi connectivity index (χ4v) is 1.82. The molecule has 1 heterocycles. The van der Waals surface area contributed by atoms with E-state index in [-0.39, 0.29) is 6.17 Å². The van der Waals surface area contributed by atoms with Crippen molar-refractivity contribution < 1.29 is 0 Å². The minimum atomic E-state index is 0.00935. The molecule has 0 amide bonds. The van der Waals surface area contributed by atoms with Crippen molar-refractivity contribution in [1.82, 2.24) is 9.80 Å². The van der Waals surface area contributed by atoms with Crippen LogP contribution >= 0.6 is 0 Å². The van der Waals surface area contributed by atoms with Crippen LogP contribution in [-0.4, -0.2) is 48.5 Å². The Morgan fingerprint density at radius 1 is 1.50 bits per heavy atom. The molecule has 0 saturated carbocycles. The van der Waals surface area contributed by atoms with E-state index in [2.05, 4.69) is 11.8 Å². The summed E-state index contributed by atoms with van der Waals surface area (Å²) in [7, 11) is 0. The fraction of sp³-hybridized carbons (Fsp3) is 0.900. The van der Waals surface area contributed by atoms with Crippen molar-refractivity contribution in [2.45, 2.75) is 32.4 Å². The number of hydrogen-bond acceptors (Lipinski definition) is 3. The number of likely N-dealkylation sites (tertiary alicyclic amines) is 1. The first-order valence-electron chi connectivity index (χ1n) is 5.52. The lowest BCUT2D eigenvalue weighted by atomic mass is 10.3. The Morgan fingerprint density at radius 3 is 2.64 bits per heavy atom. The third-order valence-electron chi connectivity index (χ3n) is 2.88. The topological polar surface area (TPSA) is 56.4 Å². The third kappa shape index (κ3) is 3.27. The van der Waals surface area contributed by atoms with Gasteiger partial charge in [-0.1, -0.05) is 6.92 Å². The van der Waals surface area contributed by atoms with Gasteiger partial charge in [0.2, 0.25) is 0 Å². The summed E-state index contributed by atoms with van der Waals surface area (Å²) in [6, 6.07) is 0. The van der Waals surface area contributed by atoms with Crippen molar-refractivity contribution in [3.05, 3.63) is 0 Å². The normalized spacial score (nSPS) is 19.6. The molecular weight excluding hydrogens is 176 g/mol. The summed E-state index contributed by atoms with van der Waals surface area (Å²) in [6.45, 7) is 6.42. The molecule has 1 fully saturated rings. The molecule has 0 aromatic rings. The van der Waals surface area contributed by atoms with Crippen LogP contribution < -0.4 is 5.73 Å². The minimum Gasteiger partial charge on any atom is -0.347 e. The predicted octanol–water partition coefficient (Wildman–Crippen LogP) is 0.686. The smallest absolute Gasteiger partial charge is 0.0830 e. The van der Waals surface area contributed by atoms with Gasteiger partial charge in [0.1, 0.15) is 0 Å². The number of nitrogens with two attached hydrogens (primary N) is 1. The van der Waals surface area contributed by atoms with Crippen molar-refractivity contribution >= 4 is 6.34 Å². The standard InChI is InChI=1S/C10H22N4/c1-2-10(12)14(9-11)8-7-13-5-3-4-6-13/h9-11H,2-8,12H2,1H3. The predicted molar refractivity (Wildman–Crippen MR) is 59.4 cm³/mol. The van der Waals surface area contributed by atoms with Gasteiger partial charge < -0.3 is 15.5 Å². The first-order chi connectivity index (χ1) is 6.77. The number of nitrogens with zero attached hydrogens (tertiary/aromatic N) is 2. The Balaban J connectivity index is 2.22. The third-order valence-corrected chi connectivity index (χ3v) is 2.88. The van der Waals surface area contributed by atoms with Crippen molar-refractivity contribution in [3.63, 3.8) is 0 Å². The van der Waals surface area contributed by atoms with Gasteiger partial charge in [-0.3, -0.25) is 5.41 Å². The van der Waals surface area contributed by atoms with Gasteiger partial charge in [0.15, 0.2) is 0 Å². The summed E-state index contributed by atoms with van der Waals surface area (Å²) in [4.78, 5) is 4.36. The molecule has 0 aromatic carbocycles. The van der Waals surface area contributed by atoms with Crippen LogP contribution in [-0.2, 0) is 0 Å². The van der Waals surface area contributed by atoms with Gasteiger partial charge in [-0.25, -0.2) is 0 Å². The summed E-state index contributed by atoms with van der Waals surface area (Å²) in [5.41, 5.74) is 5.87. The van der Waals surface area contributed by atoms with Crippen LogP contribution in [0.3, 0.4) is 0 Å². The molecule has 14 heavy (non-hydrogen) atoms. The summed E-state index contributed by atoms with van der Waals surface area (Å²) in [5, 5.41) is 7.27. The Morgan fingerprint density at radius 2 is 2.14 bits per heavy atom. The maximum Gasteiger partial charge on any atom is 0.0830 e. The molecule has 1 rings (SSSR count). The minimum absolute atomic E-state index is 0.00935. The second-order valence-corrected chi connectivity index (χ2v) is 3.89. The Kier molecular flexibility index (Phi) is 4.90. The Labute approximate surface area is 86.6 Å². The van der Waals surface area contributed by atoms with Crippen LogP contribution in [0.2, 0.25) is 0 Å². The molecule has 0 radical (unpaired) electrons. The Bertz CT molecular complexity index is 166. The molecule has 4 nitrogen and oxygen atoms in total. The van der Waals surface area contributed by atoms with Crippen LogP contribution in [0.4, 0.5) is 0 Å². The van der Waals surface area contributed by atoms with Gasteiger partial charge in [-0.05, 0) is 32.4 Å². The van der Waals surface area contributed by atoms with Crippen LogP contribution in [0.5, 0.6) is 0 Å². The molecule has 82 valence electrons. The van der Waals surface area contributed by atoms with Gasteiger partial charge in [-0.15, -0.1) is 0 Å². The van der Waals surface area contributed by atoms with Crippen LogP contribution in [0.25, 0.3) is 0 Å². The summed E-state index contributed by atoms with van der Waals surface area (Å²) < 4.78 is 0. The lowest BCUT2D eigenvalue weighted by Gasteiger charge is -2.27. The highest BCUT2D eigenvalue weighted by Crippen LogP contribution is 2.06. The van der Waals surface area contributed by atoms with Crippen molar-refractivity contribution in [2.24, 2.45) is 5.73 Å². The lowest BCUT2D eigenvalue weighted by molar-refractivity contribution is 0.254. The van der Waals surface area contributed by atoms with E-state index >= 15 is 0 Å². The summed E-state index contributed by atoms with van der Waals surface area (Å²) >= 11 is 0. The number of hydrogen-bond donors (Lipinski definition) is 2. The highest BCUT2D eigenvalue weighted by molar-refractivity contribution is 5.50. The van der Waals surface area contributed by atoms with E-state index < -0.39 is 0 Å². The van der Waals surface area contributed by atoms with E-state index in [1.54, 1.807) is 0 Å². The summed E-state index contributed by atoms with van der Waals surface area (Å²) in [6.07, 6.45) is 4.92. The van der Waals surface area contributed by atoms with Gasteiger partial charge in [0.25, 0.3) is 0 Å².